The molecule has 25 heavy (non-hydrogen) atoms. The molecule has 0 atom stereocenters. The summed E-state index contributed by atoms with van der Waals surface area (Å²) in [6.45, 7) is 1.99. The number of fused-ring (bicyclic) bond motifs is 1. The van der Waals surface area contributed by atoms with Gasteiger partial charge >= 0.3 is 0 Å². The van der Waals surface area contributed by atoms with E-state index in [1.165, 1.54) is 11.3 Å². The van der Waals surface area contributed by atoms with Crippen LogP contribution in [0.15, 0.2) is 64.9 Å². The number of hydrogen-bond acceptors (Lipinski definition) is 4. The van der Waals surface area contributed by atoms with Gasteiger partial charge in [-0.05, 0) is 54.3 Å². The molecule has 0 fully saturated rings. The maximum absolute atomic E-state index is 13.1. The number of thiophene rings is 1. The summed E-state index contributed by atoms with van der Waals surface area (Å²) in [5.74, 6) is 0.593. The first-order chi connectivity index (χ1) is 12.2. The van der Waals surface area contributed by atoms with Gasteiger partial charge in [-0.3, -0.25) is 14.3 Å². The van der Waals surface area contributed by atoms with Crippen LogP contribution in [-0.4, -0.2) is 14.5 Å². The summed E-state index contributed by atoms with van der Waals surface area (Å²) in [6, 6.07) is 15.4. The minimum atomic E-state index is -0.0463. The van der Waals surface area contributed by atoms with Crippen LogP contribution in [0.4, 0.5) is 0 Å². The smallest absolute Gasteiger partial charge is 0.267 e. The minimum absolute atomic E-state index is 0.0463. The van der Waals surface area contributed by atoms with Crippen LogP contribution in [0.3, 0.4) is 0 Å². The lowest BCUT2D eigenvalue weighted by Gasteiger charge is -2.12. The van der Waals surface area contributed by atoms with Gasteiger partial charge in [0.2, 0.25) is 0 Å². The molecule has 0 aliphatic heterocycles. The zero-order valence-electron chi connectivity index (χ0n) is 13.6. The molecule has 5 heteroatoms. The monoisotopic (exact) mass is 345 g/mol. The summed E-state index contributed by atoms with van der Waals surface area (Å²) in [5.41, 5.74) is 3.36. The Labute approximate surface area is 148 Å². The maximum Gasteiger partial charge on any atom is 0.276 e. The number of aromatic nitrogens is 3. The fourth-order valence-electron chi connectivity index (χ4n) is 2.72. The van der Waals surface area contributed by atoms with Crippen LogP contribution in [0, 0.1) is 6.92 Å². The normalized spacial score (nSPS) is 11.4. The number of nitrogens with zero attached hydrogens (tertiary/aromatic N) is 3. The van der Waals surface area contributed by atoms with Gasteiger partial charge in [-0.1, -0.05) is 24.3 Å². The van der Waals surface area contributed by atoms with Gasteiger partial charge in [0.25, 0.3) is 5.56 Å². The highest BCUT2D eigenvalue weighted by Gasteiger charge is 2.13. The van der Waals surface area contributed by atoms with Crippen LogP contribution in [0.5, 0.6) is 0 Å². The molecule has 0 aliphatic carbocycles. The van der Waals surface area contributed by atoms with Crippen molar-refractivity contribution in [2.75, 3.05) is 0 Å². The summed E-state index contributed by atoms with van der Waals surface area (Å²) in [5, 5.41) is 1.90. The lowest BCUT2D eigenvalue weighted by molar-refractivity contribution is 0.937. The Morgan fingerprint density at radius 2 is 1.88 bits per heavy atom. The van der Waals surface area contributed by atoms with Crippen molar-refractivity contribution in [2.45, 2.75) is 6.92 Å². The van der Waals surface area contributed by atoms with Crippen LogP contribution in [0.2, 0.25) is 0 Å². The van der Waals surface area contributed by atoms with Gasteiger partial charge in [-0.25, -0.2) is 4.98 Å². The van der Waals surface area contributed by atoms with Gasteiger partial charge in [0.15, 0.2) is 0 Å². The second-order valence-electron chi connectivity index (χ2n) is 5.62. The molecular weight excluding hydrogens is 330 g/mol. The van der Waals surface area contributed by atoms with Crippen molar-refractivity contribution in [3.63, 3.8) is 0 Å². The van der Waals surface area contributed by atoms with Crippen molar-refractivity contribution >= 4 is 33.7 Å². The molecule has 0 N–H and O–H groups in total. The van der Waals surface area contributed by atoms with Gasteiger partial charge in [-0.15, -0.1) is 11.3 Å². The van der Waals surface area contributed by atoms with Crippen LogP contribution < -0.4 is 5.56 Å². The Kier molecular flexibility index (Phi) is 3.99. The average molecular weight is 345 g/mol. The van der Waals surface area contributed by atoms with E-state index in [0.29, 0.717) is 10.5 Å². The first-order valence-electron chi connectivity index (χ1n) is 7.89. The summed E-state index contributed by atoms with van der Waals surface area (Å²) >= 11 is 1.42. The number of pyridine rings is 1. The number of rotatable bonds is 3. The molecule has 3 aromatic heterocycles. The van der Waals surface area contributed by atoms with Gasteiger partial charge in [-0.2, -0.15) is 0 Å². The Morgan fingerprint density at radius 3 is 2.68 bits per heavy atom. The summed E-state index contributed by atoms with van der Waals surface area (Å²) < 4.78 is 2.34. The third-order valence-corrected chi connectivity index (χ3v) is 4.84. The number of aryl methyl sites for hydroxylation is 1. The molecule has 0 amide bonds. The Hall–Kier alpha value is -3.05. The molecule has 0 spiro atoms. The van der Waals surface area contributed by atoms with E-state index in [9.17, 15) is 4.79 Å². The fourth-order valence-corrected chi connectivity index (χ4v) is 3.48. The first kappa shape index (κ1) is 15.5. The molecule has 0 unspecified atom stereocenters. The number of para-hydroxylation sites is 1. The first-order valence-corrected chi connectivity index (χ1v) is 8.77. The standard InChI is InChI=1S/C20H15N3OS/c1-14-6-2-3-8-17(14)23-18(10-9-15-7-4-5-12-21-15)22-16-11-13-25-19(16)20(23)24/h2-13H,1H3. The van der Waals surface area contributed by atoms with Crippen LogP contribution >= 0.6 is 11.3 Å². The van der Waals surface area contributed by atoms with Gasteiger partial charge in [0.1, 0.15) is 10.5 Å². The topological polar surface area (TPSA) is 47.8 Å². The Morgan fingerprint density at radius 1 is 1.04 bits per heavy atom. The van der Waals surface area contributed by atoms with Crippen molar-refractivity contribution in [2.24, 2.45) is 0 Å². The number of benzene rings is 1. The van der Waals surface area contributed by atoms with E-state index in [-0.39, 0.29) is 5.56 Å². The third kappa shape index (κ3) is 2.90. The van der Waals surface area contributed by atoms with E-state index < -0.39 is 0 Å². The Bertz CT molecular complexity index is 1130. The molecule has 0 saturated carbocycles. The van der Waals surface area contributed by atoms with E-state index in [0.717, 1.165) is 22.5 Å². The molecule has 0 radical (unpaired) electrons. The van der Waals surface area contributed by atoms with Crippen LogP contribution in [0.25, 0.3) is 28.1 Å². The fraction of sp³-hybridized carbons (Fsp3) is 0.0500. The highest BCUT2D eigenvalue weighted by Crippen LogP contribution is 2.20. The lowest BCUT2D eigenvalue weighted by atomic mass is 10.2. The van der Waals surface area contributed by atoms with Crippen LogP contribution in [-0.2, 0) is 0 Å². The van der Waals surface area contributed by atoms with Gasteiger partial charge in [0, 0.05) is 6.20 Å². The lowest BCUT2D eigenvalue weighted by Crippen LogP contribution is -2.22. The maximum atomic E-state index is 13.1. The highest BCUT2D eigenvalue weighted by molar-refractivity contribution is 7.17. The van der Waals surface area contributed by atoms with Crippen molar-refractivity contribution in [1.29, 1.82) is 0 Å². The average Bonchev–Trinajstić information content (AvgIpc) is 3.11. The summed E-state index contributed by atoms with van der Waals surface area (Å²) in [4.78, 5) is 22.0. The van der Waals surface area contributed by atoms with E-state index >= 15 is 0 Å². The van der Waals surface area contributed by atoms with E-state index in [1.807, 2.05) is 73.0 Å². The predicted molar refractivity (Wildman–Crippen MR) is 103 cm³/mol. The van der Waals surface area contributed by atoms with Gasteiger partial charge in [0.05, 0.1) is 16.9 Å². The van der Waals surface area contributed by atoms with Crippen molar-refractivity contribution in [3.05, 3.63) is 87.5 Å². The third-order valence-electron chi connectivity index (χ3n) is 3.95. The molecule has 4 nitrogen and oxygen atoms in total. The van der Waals surface area contributed by atoms with Crippen molar-refractivity contribution in [3.8, 4) is 5.69 Å². The molecule has 0 aliphatic rings. The molecule has 0 saturated heterocycles. The molecule has 122 valence electrons. The van der Waals surface area contributed by atoms with Crippen molar-refractivity contribution in [1.82, 2.24) is 14.5 Å². The van der Waals surface area contributed by atoms with E-state index in [1.54, 1.807) is 10.8 Å². The molecular formula is C20H15N3OS. The second-order valence-corrected chi connectivity index (χ2v) is 6.54. The summed E-state index contributed by atoms with van der Waals surface area (Å²) in [6.07, 6.45) is 5.45. The largest absolute Gasteiger partial charge is 0.276 e. The van der Waals surface area contributed by atoms with Crippen molar-refractivity contribution < 1.29 is 0 Å². The molecule has 3 heterocycles. The number of hydrogen-bond donors (Lipinski definition) is 0. The Balaban J connectivity index is 1.96. The second kappa shape index (κ2) is 6.45. The van der Waals surface area contributed by atoms with Crippen LogP contribution in [0.1, 0.15) is 17.1 Å². The quantitative estimate of drug-likeness (QED) is 0.555. The predicted octanol–water partition coefficient (Wildman–Crippen LogP) is 4.32. The summed E-state index contributed by atoms with van der Waals surface area (Å²) in [7, 11) is 0. The zero-order valence-corrected chi connectivity index (χ0v) is 14.4. The SMILES string of the molecule is Cc1ccccc1-n1c(C=Cc2ccccn2)nc2ccsc2c1=O. The molecule has 4 aromatic rings. The molecule has 0 bridgehead atoms. The highest BCUT2D eigenvalue weighted by atomic mass is 32.1. The van der Waals surface area contributed by atoms with E-state index in [4.69, 9.17) is 0 Å². The molecule has 4 rings (SSSR count). The minimum Gasteiger partial charge on any atom is -0.267 e. The van der Waals surface area contributed by atoms with E-state index in [2.05, 4.69) is 9.97 Å². The van der Waals surface area contributed by atoms with Gasteiger partial charge < -0.3 is 0 Å². The molecule has 1 aromatic carbocycles. The zero-order chi connectivity index (χ0) is 17.2.